The van der Waals surface area contributed by atoms with Gasteiger partial charge in [0.15, 0.2) is 0 Å². The molecule has 0 aliphatic rings. The zero-order chi connectivity index (χ0) is 12.7. The van der Waals surface area contributed by atoms with Crippen LogP contribution in [0.4, 0.5) is 4.39 Å². The predicted molar refractivity (Wildman–Crippen MR) is 69.0 cm³/mol. The van der Waals surface area contributed by atoms with Gasteiger partial charge in [-0.25, -0.2) is 4.39 Å². The van der Waals surface area contributed by atoms with E-state index in [2.05, 4.69) is 6.07 Å². The summed E-state index contributed by atoms with van der Waals surface area (Å²) in [7, 11) is 0. The number of alkyl halides is 1. The van der Waals surface area contributed by atoms with E-state index in [0.717, 1.165) is 36.3 Å². The first-order valence-corrected chi connectivity index (χ1v) is 5.96. The van der Waals surface area contributed by atoms with Gasteiger partial charge in [0.05, 0.1) is 0 Å². The minimum absolute atomic E-state index is 0.118. The fourth-order valence-electron chi connectivity index (χ4n) is 1.74. The molecule has 0 aliphatic heterocycles. The molecule has 0 amide bonds. The molecule has 0 spiro atoms. The van der Waals surface area contributed by atoms with Gasteiger partial charge in [0.25, 0.3) is 0 Å². The summed E-state index contributed by atoms with van der Waals surface area (Å²) < 4.78 is 17.3. The van der Waals surface area contributed by atoms with Crippen molar-refractivity contribution in [3.05, 3.63) is 29.3 Å². The van der Waals surface area contributed by atoms with Crippen LogP contribution in [-0.2, 0) is 6.42 Å². The van der Waals surface area contributed by atoms with Crippen LogP contribution in [0.5, 0.6) is 5.75 Å². The molecule has 1 aromatic carbocycles. The third kappa shape index (κ3) is 4.98. The number of benzene rings is 1. The van der Waals surface area contributed by atoms with Crippen molar-refractivity contribution in [2.24, 2.45) is 0 Å². The van der Waals surface area contributed by atoms with Gasteiger partial charge in [-0.2, -0.15) is 0 Å². The van der Waals surface area contributed by atoms with E-state index >= 15 is 0 Å². The molecule has 0 bridgehead atoms. The van der Waals surface area contributed by atoms with E-state index in [1.54, 1.807) is 0 Å². The lowest BCUT2D eigenvalue weighted by atomic mass is 10.0. The van der Waals surface area contributed by atoms with E-state index in [0.29, 0.717) is 0 Å². The second kappa shape index (κ2) is 7.05. The van der Waals surface area contributed by atoms with Gasteiger partial charge in [0.2, 0.25) is 0 Å². The van der Waals surface area contributed by atoms with Gasteiger partial charge in [-0.3, -0.25) is 0 Å². The van der Waals surface area contributed by atoms with Crippen molar-refractivity contribution >= 4 is 5.71 Å². The number of halogens is 1. The molecule has 0 saturated heterocycles. The second-order valence-corrected chi connectivity index (χ2v) is 4.27. The smallest absolute Gasteiger partial charge is 0.123 e. The average Bonchev–Trinajstić information content (AvgIpc) is 2.27. The quantitative estimate of drug-likeness (QED) is 0.720. The van der Waals surface area contributed by atoms with Gasteiger partial charge < -0.3 is 10.1 Å². The predicted octanol–water partition coefficient (Wildman–Crippen LogP) is 3.71. The lowest BCUT2D eigenvalue weighted by Gasteiger charge is -2.09. The van der Waals surface area contributed by atoms with Crippen LogP contribution in [0.2, 0.25) is 0 Å². The highest BCUT2D eigenvalue weighted by Gasteiger charge is 2.01. The first-order valence-electron chi connectivity index (χ1n) is 5.96. The third-order valence-corrected chi connectivity index (χ3v) is 2.59. The summed E-state index contributed by atoms with van der Waals surface area (Å²) in [4.78, 5) is 0. The molecule has 94 valence electrons. The summed E-state index contributed by atoms with van der Waals surface area (Å²) in [6, 6.07) is 5.99. The lowest BCUT2D eigenvalue weighted by molar-refractivity contribution is 0.272. The molecular formula is C14H20FNO. The van der Waals surface area contributed by atoms with Crippen molar-refractivity contribution in [1.82, 2.24) is 0 Å². The zero-order valence-corrected chi connectivity index (χ0v) is 10.6. The first-order chi connectivity index (χ1) is 8.13. The molecule has 1 N–H and O–H groups in total. The van der Waals surface area contributed by atoms with E-state index in [1.807, 2.05) is 26.0 Å². The second-order valence-electron chi connectivity index (χ2n) is 4.27. The van der Waals surface area contributed by atoms with Crippen LogP contribution in [-0.4, -0.2) is 19.0 Å². The van der Waals surface area contributed by atoms with E-state index in [4.69, 9.17) is 10.1 Å². The van der Waals surface area contributed by atoms with Gasteiger partial charge in [-0.15, -0.1) is 0 Å². The molecule has 0 saturated carbocycles. The Kier molecular flexibility index (Phi) is 5.67. The summed E-state index contributed by atoms with van der Waals surface area (Å²) in [6.07, 6.45) is 2.82. The minimum Gasteiger partial charge on any atom is -0.491 e. The Hall–Kier alpha value is -1.38. The molecule has 0 aromatic heterocycles. The minimum atomic E-state index is -0.459. The summed E-state index contributed by atoms with van der Waals surface area (Å²) in [5, 5.41) is 7.36. The van der Waals surface area contributed by atoms with Crippen LogP contribution >= 0.6 is 0 Å². The average molecular weight is 237 g/mol. The van der Waals surface area contributed by atoms with Crippen molar-refractivity contribution in [3.8, 4) is 5.75 Å². The monoisotopic (exact) mass is 237 g/mol. The number of hydrogen-bond donors (Lipinski definition) is 1. The largest absolute Gasteiger partial charge is 0.491 e. The van der Waals surface area contributed by atoms with E-state index < -0.39 is 6.67 Å². The number of nitrogens with one attached hydrogen (secondary N) is 1. The molecule has 17 heavy (non-hydrogen) atoms. The number of aryl methyl sites for hydroxylation is 2. The Labute approximate surface area is 102 Å². The first kappa shape index (κ1) is 13.7. The Morgan fingerprint density at radius 1 is 1.41 bits per heavy atom. The molecule has 3 heteroatoms. The van der Waals surface area contributed by atoms with Gasteiger partial charge in [-0.1, -0.05) is 12.1 Å². The maximum atomic E-state index is 12.0. The van der Waals surface area contributed by atoms with Crippen molar-refractivity contribution in [1.29, 1.82) is 5.41 Å². The van der Waals surface area contributed by atoms with Crippen LogP contribution in [0.25, 0.3) is 0 Å². The van der Waals surface area contributed by atoms with Crippen LogP contribution in [0.1, 0.15) is 30.9 Å². The molecule has 0 atom stereocenters. The van der Waals surface area contributed by atoms with Crippen LogP contribution < -0.4 is 4.74 Å². The summed E-state index contributed by atoms with van der Waals surface area (Å²) in [5.74, 6) is 0.759. The summed E-state index contributed by atoms with van der Waals surface area (Å²) in [6.45, 7) is 3.46. The number of hydrogen-bond acceptors (Lipinski definition) is 2. The standard InChI is InChI=1S/C14H20FNO/c1-11-10-13(5-3-4-12(2)16)6-7-14(11)17-9-8-15/h6-7,10,16H,3-5,8-9H2,1-2H3. The third-order valence-electron chi connectivity index (χ3n) is 2.59. The number of ether oxygens (including phenoxy) is 1. The van der Waals surface area contributed by atoms with Gasteiger partial charge >= 0.3 is 0 Å². The maximum absolute atomic E-state index is 12.0. The fraction of sp³-hybridized carbons (Fsp3) is 0.500. The topological polar surface area (TPSA) is 33.1 Å². The van der Waals surface area contributed by atoms with Crippen molar-refractivity contribution in [2.75, 3.05) is 13.3 Å². The molecule has 0 unspecified atom stereocenters. The van der Waals surface area contributed by atoms with Crippen molar-refractivity contribution in [3.63, 3.8) is 0 Å². The Morgan fingerprint density at radius 2 is 2.18 bits per heavy atom. The summed E-state index contributed by atoms with van der Waals surface area (Å²) in [5.41, 5.74) is 3.02. The summed E-state index contributed by atoms with van der Waals surface area (Å²) >= 11 is 0. The molecule has 0 fully saturated rings. The SMILES string of the molecule is CC(=N)CCCc1ccc(OCCF)c(C)c1. The van der Waals surface area contributed by atoms with Crippen LogP contribution in [0, 0.1) is 12.3 Å². The van der Waals surface area contributed by atoms with Crippen molar-refractivity contribution < 1.29 is 9.13 Å². The Balaban J connectivity index is 2.52. The fourth-order valence-corrected chi connectivity index (χ4v) is 1.74. The van der Waals surface area contributed by atoms with Gasteiger partial charge in [0, 0.05) is 5.71 Å². The van der Waals surface area contributed by atoms with E-state index in [-0.39, 0.29) is 6.61 Å². The van der Waals surface area contributed by atoms with Gasteiger partial charge in [0.1, 0.15) is 19.0 Å². The van der Waals surface area contributed by atoms with E-state index in [9.17, 15) is 4.39 Å². The Morgan fingerprint density at radius 3 is 2.76 bits per heavy atom. The normalized spacial score (nSPS) is 10.3. The van der Waals surface area contributed by atoms with Crippen molar-refractivity contribution in [2.45, 2.75) is 33.1 Å². The molecule has 0 aliphatic carbocycles. The molecule has 0 heterocycles. The van der Waals surface area contributed by atoms with Gasteiger partial charge in [-0.05, 0) is 50.3 Å². The molecule has 1 rings (SSSR count). The highest BCUT2D eigenvalue weighted by molar-refractivity contribution is 5.78. The molecule has 0 radical (unpaired) electrons. The van der Waals surface area contributed by atoms with Crippen LogP contribution in [0.3, 0.4) is 0 Å². The van der Waals surface area contributed by atoms with Crippen LogP contribution in [0.15, 0.2) is 18.2 Å². The molecular weight excluding hydrogens is 217 g/mol. The van der Waals surface area contributed by atoms with E-state index in [1.165, 1.54) is 5.56 Å². The number of rotatable bonds is 7. The lowest BCUT2D eigenvalue weighted by Crippen LogP contribution is -2.00. The highest BCUT2D eigenvalue weighted by atomic mass is 19.1. The zero-order valence-electron chi connectivity index (χ0n) is 10.6. The molecule has 2 nitrogen and oxygen atoms in total. The maximum Gasteiger partial charge on any atom is 0.123 e. The Bertz CT molecular complexity index is 376. The molecule has 1 aromatic rings. The highest BCUT2D eigenvalue weighted by Crippen LogP contribution is 2.20.